The Morgan fingerprint density at radius 2 is 1.94 bits per heavy atom. The fourth-order valence-electron chi connectivity index (χ4n) is 5.61. The molecule has 5 rings (SSSR count). The Morgan fingerprint density at radius 3 is 2.64 bits per heavy atom. The van der Waals surface area contributed by atoms with Crippen LogP contribution in [0.5, 0.6) is 0 Å². The maximum Gasteiger partial charge on any atom is 0.407 e. The van der Waals surface area contributed by atoms with E-state index >= 15 is 0 Å². The molecule has 2 saturated heterocycles. The van der Waals surface area contributed by atoms with Crippen LogP contribution < -0.4 is 16.0 Å². The number of carbonyl (C=O) groups is 2. The van der Waals surface area contributed by atoms with Gasteiger partial charge in [-0.15, -0.1) is 0 Å². The van der Waals surface area contributed by atoms with Crippen LogP contribution in [0.3, 0.4) is 0 Å². The molecule has 4 N–H and O–H groups in total. The van der Waals surface area contributed by atoms with Crippen molar-refractivity contribution in [3.05, 3.63) is 54.1 Å². The summed E-state index contributed by atoms with van der Waals surface area (Å²) in [7, 11) is -4.08. The minimum atomic E-state index is -4.08. The van der Waals surface area contributed by atoms with Gasteiger partial charge < -0.3 is 30.5 Å². The molecule has 2 aliphatic rings. The number of anilines is 1. The molecule has 0 aliphatic carbocycles. The fraction of sp³-hybridized carbons (Fsp3) is 0.531. The van der Waals surface area contributed by atoms with E-state index in [-0.39, 0.29) is 48.9 Å². The number of aliphatic hydroxyl groups excluding tert-OH is 1. The summed E-state index contributed by atoms with van der Waals surface area (Å²) in [5.74, 6) is -0.218. The lowest BCUT2D eigenvalue weighted by Crippen LogP contribution is -2.51. The number of carbonyl (C=O) groups excluding carboxylic acids is 2. The van der Waals surface area contributed by atoms with Gasteiger partial charge in [0.05, 0.1) is 47.0 Å². The Bertz CT molecular complexity index is 1590. The summed E-state index contributed by atoms with van der Waals surface area (Å²) >= 11 is 1.21. The van der Waals surface area contributed by atoms with E-state index in [9.17, 15) is 23.1 Å². The molecular formula is C32H44N6O7S2. The van der Waals surface area contributed by atoms with Crippen molar-refractivity contribution in [1.82, 2.24) is 24.8 Å². The molecule has 3 heterocycles. The van der Waals surface area contributed by atoms with Crippen LogP contribution in [0.4, 0.5) is 9.93 Å². The number of aromatic nitrogens is 1. The van der Waals surface area contributed by atoms with Crippen molar-refractivity contribution in [2.24, 2.45) is 5.92 Å². The quantitative estimate of drug-likeness (QED) is 0.198. The number of amides is 2. The molecule has 0 bridgehead atoms. The van der Waals surface area contributed by atoms with Gasteiger partial charge in [0.2, 0.25) is 15.9 Å². The van der Waals surface area contributed by atoms with E-state index in [1.165, 1.54) is 21.7 Å². The molecule has 0 radical (unpaired) electrons. The highest BCUT2D eigenvalue weighted by atomic mass is 32.2. The summed E-state index contributed by atoms with van der Waals surface area (Å²) in [6.07, 6.45) is -1.45. The van der Waals surface area contributed by atoms with Crippen LogP contribution >= 0.6 is 11.3 Å². The number of nitrogens with one attached hydrogen (secondary N) is 3. The number of nitrogens with zero attached hydrogens (tertiary/aromatic N) is 3. The predicted octanol–water partition coefficient (Wildman–Crippen LogP) is 2.27. The van der Waals surface area contributed by atoms with Crippen LogP contribution in [0, 0.1) is 5.92 Å². The molecule has 0 spiro atoms. The molecule has 15 heteroatoms. The summed E-state index contributed by atoms with van der Waals surface area (Å²) in [6, 6.07) is 13.2. The molecule has 2 aromatic carbocycles. The van der Waals surface area contributed by atoms with Gasteiger partial charge in [0.15, 0.2) is 5.13 Å². The normalized spacial score (nSPS) is 18.8. The Labute approximate surface area is 279 Å². The van der Waals surface area contributed by atoms with E-state index in [4.69, 9.17) is 9.47 Å². The molecular weight excluding hydrogens is 645 g/mol. The highest BCUT2D eigenvalue weighted by molar-refractivity contribution is 7.89. The monoisotopic (exact) mass is 688 g/mol. The summed E-state index contributed by atoms with van der Waals surface area (Å²) in [4.78, 5) is 32.0. The third-order valence-electron chi connectivity index (χ3n) is 8.01. The first-order valence-electron chi connectivity index (χ1n) is 16.0. The van der Waals surface area contributed by atoms with E-state index in [0.717, 1.165) is 31.7 Å². The number of hydrogen-bond acceptors (Lipinski definition) is 11. The third kappa shape index (κ3) is 9.92. The van der Waals surface area contributed by atoms with Gasteiger partial charge >= 0.3 is 6.09 Å². The molecule has 3 aromatic rings. The zero-order chi connectivity index (χ0) is 33.4. The molecule has 2 fully saturated rings. The maximum atomic E-state index is 14.1. The summed E-state index contributed by atoms with van der Waals surface area (Å²) < 4.78 is 40.8. The van der Waals surface area contributed by atoms with Crippen molar-refractivity contribution in [2.45, 2.75) is 49.8 Å². The first-order valence-corrected chi connectivity index (χ1v) is 18.2. The lowest BCUT2D eigenvalue weighted by atomic mass is 10.0. The van der Waals surface area contributed by atoms with Gasteiger partial charge in [-0.2, -0.15) is 4.31 Å². The summed E-state index contributed by atoms with van der Waals surface area (Å²) in [6.45, 7) is 8.04. The Morgan fingerprint density at radius 1 is 1.17 bits per heavy atom. The highest BCUT2D eigenvalue weighted by Crippen LogP contribution is 2.30. The Kier molecular flexibility index (Phi) is 12.2. The molecule has 0 unspecified atom stereocenters. The fourth-order valence-corrected chi connectivity index (χ4v) is 8.25. The molecule has 1 aromatic heterocycles. The van der Waals surface area contributed by atoms with Gasteiger partial charge in [-0.25, -0.2) is 18.2 Å². The maximum absolute atomic E-state index is 14.1. The molecule has 0 saturated carbocycles. The van der Waals surface area contributed by atoms with E-state index in [1.807, 2.05) is 44.2 Å². The smallest absolute Gasteiger partial charge is 0.407 e. The third-order valence-corrected chi connectivity index (χ3v) is 10.8. The number of hydrogen-bond donors (Lipinski definition) is 4. The van der Waals surface area contributed by atoms with Gasteiger partial charge in [-0.05, 0) is 36.1 Å². The SMILES string of the molecule is CC(C)CN(C[C@@H](O)[C@H](Cc1ccccc1)NC(=O)O[C@H]1CCOC1)S(=O)(=O)c1ccc2nc(NC(=O)CN3CCNCC3)sc2c1. The van der Waals surface area contributed by atoms with Crippen molar-refractivity contribution in [3.63, 3.8) is 0 Å². The van der Waals surface area contributed by atoms with Gasteiger partial charge in [-0.3, -0.25) is 9.69 Å². The summed E-state index contributed by atoms with van der Waals surface area (Å²) in [5.41, 5.74) is 1.44. The highest BCUT2D eigenvalue weighted by Gasteiger charge is 2.32. The van der Waals surface area contributed by atoms with Crippen LogP contribution in [0.1, 0.15) is 25.8 Å². The molecule has 3 atom stereocenters. The molecule has 2 amide bonds. The second-order valence-corrected chi connectivity index (χ2v) is 15.3. The van der Waals surface area contributed by atoms with Crippen molar-refractivity contribution < 1.29 is 32.6 Å². The Hall–Kier alpha value is -3.18. The van der Waals surface area contributed by atoms with Crippen molar-refractivity contribution in [1.29, 1.82) is 0 Å². The summed E-state index contributed by atoms with van der Waals surface area (Å²) in [5, 5.41) is 20.8. The number of rotatable bonds is 14. The lowest BCUT2D eigenvalue weighted by molar-refractivity contribution is -0.117. The second kappa shape index (κ2) is 16.3. The number of sulfonamides is 1. The standard InChI is InChI=1S/C32H44N6O7S2/c1-22(2)18-38(19-28(39)27(16-23-6-4-3-5-7-23)35-32(41)45-24-10-15-44-21-24)47(42,43)25-8-9-26-29(17-25)46-31(34-26)36-30(40)20-37-13-11-33-12-14-37/h3-9,17,22,24,27-28,33,39H,10-16,18-21H2,1-2H3,(H,35,41)(H,34,36,40)/t24-,27-,28+/m0/s1. The van der Waals surface area contributed by atoms with Crippen LogP contribution in [-0.2, 0) is 30.7 Å². The predicted molar refractivity (Wildman–Crippen MR) is 180 cm³/mol. The topological polar surface area (TPSA) is 162 Å². The first kappa shape index (κ1) is 35.1. The van der Waals surface area contributed by atoms with Crippen LogP contribution in [0.2, 0.25) is 0 Å². The number of benzene rings is 2. The molecule has 13 nitrogen and oxygen atoms in total. The average molecular weight is 689 g/mol. The zero-order valence-electron chi connectivity index (χ0n) is 26.8. The van der Waals surface area contributed by atoms with Gasteiger partial charge in [0.25, 0.3) is 0 Å². The molecule has 47 heavy (non-hydrogen) atoms. The number of fused-ring (bicyclic) bond motifs is 1. The van der Waals surface area contributed by atoms with Gasteiger partial charge in [0, 0.05) is 45.7 Å². The second-order valence-electron chi connectivity index (χ2n) is 12.3. The number of alkyl carbamates (subject to hydrolysis) is 1. The van der Waals surface area contributed by atoms with Gasteiger partial charge in [0.1, 0.15) is 6.10 Å². The molecule has 256 valence electrons. The van der Waals surface area contributed by atoms with Crippen molar-refractivity contribution in [3.8, 4) is 0 Å². The van der Waals surface area contributed by atoms with E-state index in [0.29, 0.717) is 35.0 Å². The van der Waals surface area contributed by atoms with Gasteiger partial charge in [-0.1, -0.05) is 55.5 Å². The van der Waals surface area contributed by atoms with Crippen LogP contribution in [0.25, 0.3) is 10.2 Å². The largest absolute Gasteiger partial charge is 0.444 e. The lowest BCUT2D eigenvalue weighted by Gasteiger charge is -2.30. The van der Waals surface area contributed by atoms with E-state index in [1.54, 1.807) is 12.1 Å². The minimum Gasteiger partial charge on any atom is -0.444 e. The Balaban J connectivity index is 1.31. The number of piperazine rings is 1. The molecule has 2 aliphatic heterocycles. The van der Waals surface area contributed by atoms with Crippen LogP contribution in [-0.4, -0.2) is 117 Å². The van der Waals surface area contributed by atoms with E-state index < -0.39 is 28.3 Å². The number of ether oxygens (including phenoxy) is 2. The number of aliphatic hydroxyl groups is 1. The zero-order valence-corrected chi connectivity index (χ0v) is 28.4. The van der Waals surface area contributed by atoms with Crippen LogP contribution in [0.15, 0.2) is 53.4 Å². The first-order chi connectivity index (χ1) is 22.6. The average Bonchev–Trinajstić information content (AvgIpc) is 3.70. The van der Waals surface area contributed by atoms with Crippen molar-refractivity contribution >= 4 is 48.7 Å². The number of thiazole rings is 1. The minimum absolute atomic E-state index is 0.0468. The van der Waals surface area contributed by atoms with Crippen molar-refractivity contribution in [2.75, 3.05) is 64.3 Å². The van der Waals surface area contributed by atoms with E-state index in [2.05, 4.69) is 25.8 Å².